The van der Waals surface area contributed by atoms with E-state index in [1.165, 1.54) is 25.5 Å². The van der Waals surface area contributed by atoms with Crippen molar-refractivity contribution >= 4 is 11.9 Å². The molecule has 1 heterocycles. The minimum atomic E-state index is -0.710. The largest absolute Gasteiger partial charge is 0.389 e. The molecule has 0 radical (unpaired) electrons. The Kier molecular flexibility index (Phi) is 6.93. The van der Waals surface area contributed by atoms with Gasteiger partial charge in [-0.05, 0) is 19.8 Å². The predicted molar refractivity (Wildman–Crippen MR) is 92.3 cm³/mol. The average molecular weight is 336 g/mol. The summed E-state index contributed by atoms with van der Waals surface area (Å²) in [5, 5.41) is 12.7. The summed E-state index contributed by atoms with van der Waals surface area (Å²) in [5.41, 5.74) is 1.03. The van der Waals surface area contributed by atoms with Gasteiger partial charge in [-0.1, -0.05) is 19.3 Å². The van der Waals surface area contributed by atoms with E-state index in [-0.39, 0.29) is 25.2 Å². The molecule has 1 amide bonds. The number of ether oxygens (including phenoxy) is 1. The monoisotopic (exact) mass is 336 g/mol. The molecule has 0 saturated heterocycles. The van der Waals surface area contributed by atoms with Gasteiger partial charge in [-0.3, -0.25) is 4.79 Å². The van der Waals surface area contributed by atoms with Crippen LogP contribution in [0.4, 0.5) is 5.95 Å². The van der Waals surface area contributed by atoms with Crippen LogP contribution in [0.15, 0.2) is 6.20 Å². The molecule has 2 rings (SSSR count). The van der Waals surface area contributed by atoms with Gasteiger partial charge >= 0.3 is 0 Å². The van der Waals surface area contributed by atoms with Crippen LogP contribution in [0.2, 0.25) is 0 Å². The lowest BCUT2D eigenvalue weighted by molar-refractivity contribution is -0.0225. The summed E-state index contributed by atoms with van der Waals surface area (Å²) in [6.45, 7) is 2.17. The molecule has 1 aliphatic carbocycles. The van der Waals surface area contributed by atoms with Gasteiger partial charge in [0.1, 0.15) is 0 Å². The van der Waals surface area contributed by atoms with Crippen LogP contribution in [-0.2, 0) is 4.74 Å². The molecule has 0 unspecified atom stereocenters. The van der Waals surface area contributed by atoms with Gasteiger partial charge in [-0.25, -0.2) is 9.97 Å². The standard InChI is InChI=1S/C17H28N4O3/c1-12-15(10-19-17(20-12)21(2)3)16(23)18-9-13(22)11-24-14-7-5-4-6-8-14/h10,13-14,22H,4-9,11H2,1-3H3,(H,18,23)/t13-/m1/s1. The fraction of sp³-hybridized carbons (Fsp3) is 0.706. The second-order valence-electron chi connectivity index (χ2n) is 6.52. The van der Waals surface area contributed by atoms with E-state index in [1.54, 1.807) is 11.8 Å². The van der Waals surface area contributed by atoms with Crippen LogP contribution in [-0.4, -0.2) is 60.4 Å². The number of hydrogen-bond donors (Lipinski definition) is 2. The van der Waals surface area contributed by atoms with Crippen molar-refractivity contribution in [2.24, 2.45) is 0 Å². The highest BCUT2D eigenvalue weighted by atomic mass is 16.5. The lowest BCUT2D eigenvalue weighted by Gasteiger charge is -2.23. The zero-order valence-electron chi connectivity index (χ0n) is 14.8. The third-order valence-electron chi connectivity index (χ3n) is 4.19. The van der Waals surface area contributed by atoms with Crippen LogP contribution < -0.4 is 10.2 Å². The first-order valence-corrected chi connectivity index (χ1v) is 8.56. The Morgan fingerprint density at radius 1 is 1.42 bits per heavy atom. The van der Waals surface area contributed by atoms with E-state index < -0.39 is 6.10 Å². The fourth-order valence-electron chi connectivity index (χ4n) is 2.74. The number of aryl methyl sites for hydroxylation is 1. The first kappa shape index (κ1) is 18.6. The van der Waals surface area contributed by atoms with Crippen LogP contribution in [0.3, 0.4) is 0 Å². The molecule has 1 aliphatic rings. The third kappa shape index (κ3) is 5.42. The smallest absolute Gasteiger partial charge is 0.254 e. The molecule has 1 atom stereocenters. The minimum Gasteiger partial charge on any atom is -0.389 e. The Hall–Kier alpha value is -1.73. The van der Waals surface area contributed by atoms with Crippen molar-refractivity contribution < 1.29 is 14.6 Å². The Bertz CT molecular complexity index is 545. The van der Waals surface area contributed by atoms with Gasteiger partial charge in [0, 0.05) is 26.8 Å². The normalized spacial score (nSPS) is 16.7. The van der Waals surface area contributed by atoms with Crippen molar-refractivity contribution in [3.8, 4) is 0 Å². The van der Waals surface area contributed by atoms with Crippen LogP contribution in [0.25, 0.3) is 0 Å². The summed E-state index contributed by atoms with van der Waals surface area (Å²) in [5.74, 6) is 0.277. The summed E-state index contributed by atoms with van der Waals surface area (Å²) >= 11 is 0. The molecule has 1 aromatic rings. The topological polar surface area (TPSA) is 87.6 Å². The first-order valence-electron chi connectivity index (χ1n) is 8.56. The maximum atomic E-state index is 12.2. The van der Waals surface area contributed by atoms with E-state index in [2.05, 4.69) is 15.3 Å². The number of carbonyl (C=O) groups is 1. The maximum absolute atomic E-state index is 12.2. The summed E-state index contributed by atoms with van der Waals surface area (Å²) < 4.78 is 5.72. The number of amides is 1. The number of aliphatic hydroxyl groups excluding tert-OH is 1. The third-order valence-corrected chi connectivity index (χ3v) is 4.19. The molecule has 7 heteroatoms. The van der Waals surface area contributed by atoms with Crippen molar-refractivity contribution in [2.75, 3.05) is 32.1 Å². The van der Waals surface area contributed by atoms with E-state index in [1.807, 2.05) is 14.1 Å². The quantitative estimate of drug-likeness (QED) is 0.780. The van der Waals surface area contributed by atoms with E-state index in [0.717, 1.165) is 12.8 Å². The molecule has 0 aromatic carbocycles. The summed E-state index contributed by atoms with van der Waals surface area (Å²) in [7, 11) is 3.69. The number of nitrogens with zero attached hydrogens (tertiary/aromatic N) is 3. The lowest BCUT2D eigenvalue weighted by atomic mass is 9.98. The van der Waals surface area contributed by atoms with Crippen LogP contribution in [0, 0.1) is 6.92 Å². The molecule has 2 N–H and O–H groups in total. The van der Waals surface area contributed by atoms with Crippen molar-refractivity contribution in [1.29, 1.82) is 0 Å². The molecule has 0 spiro atoms. The number of anilines is 1. The van der Waals surface area contributed by atoms with Crippen LogP contribution in [0.1, 0.15) is 48.2 Å². The Morgan fingerprint density at radius 2 is 2.12 bits per heavy atom. The molecule has 134 valence electrons. The molecular weight excluding hydrogens is 308 g/mol. The molecule has 24 heavy (non-hydrogen) atoms. The van der Waals surface area contributed by atoms with E-state index in [0.29, 0.717) is 17.2 Å². The van der Waals surface area contributed by atoms with Crippen molar-refractivity contribution in [3.05, 3.63) is 17.5 Å². The fourth-order valence-corrected chi connectivity index (χ4v) is 2.74. The molecule has 1 aromatic heterocycles. The van der Waals surface area contributed by atoms with Gasteiger partial charge in [-0.2, -0.15) is 0 Å². The number of nitrogens with one attached hydrogen (secondary N) is 1. The Morgan fingerprint density at radius 3 is 2.75 bits per heavy atom. The maximum Gasteiger partial charge on any atom is 0.254 e. The van der Waals surface area contributed by atoms with Crippen molar-refractivity contribution in [3.63, 3.8) is 0 Å². The van der Waals surface area contributed by atoms with Gasteiger partial charge in [0.2, 0.25) is 5.95 Å². The molecule has 0 aliphatic heterocycles. The van der Waals surface area contributed by atoms with E-state index >= 15 is 0 Å². The zero-order chi connectivity index (χ0) is 17.5. The zero-order valence-corrected chi connectivity index (χ0v) is 14.8. The van der Waals surface area contributed by atoms with Gasteiger partial charge < -0.3 is 20.1 Å². The predicted octanol–water partition coefficient (Wildman–Crippen LogP) is 1.29. The number of rotatable bonds is 7. The molecule has 7 nitrogen and oxygen atoms in total. The average Bonchev–Trinajstić information content (AvgIpc) is 2.58. The minimum absolute atomic E-state index is 0.153. The van der Waals surface area contributed by atoms with Gasteiger partial charge in [0.15, 0.2) is 0 Å². The first-order chi connectivity index (χ1) is 11.5. The summed E-state index contributed by atoms with van der Waals surface area (Å²) in [6.07, 6.45) is 6.84. The molecule has 1 saturated carbocycles. The highest BCUT2D eigenvalue weighted by molar-refractivity contribution is 5.95. The van der Waals surface area contributed by atoms with Gasteiger partial charge in [0.25, 0.3) is 5.91 Å². The van der Waals surface area contributed by atoms with Crippen molar-refractivity contribution in [2.45, 2.75) is 51.2 Å². The lowest BCUT2D eigenvalue weighted by Crippen LogP contribution is -2.36. The van der Waals surface area contributed by atoms with Crippen molar-refractivity contribution in [1.82, 2.24) is 15.3 Å². The molecule has 0 bridgehead atoms. The van der Waals surface area contributed by atoms with Crippen LogP contribution >= 0.6 is 0 Å². The highest BCUT2D eigenvalue weighted by Gasteiger charge is 2.17. The van der Waals surface area contributed by atoms with Crippen LogP contribution in [0.5, 0.6) is 0 Å². The van der Waals surface area contributed by atoms with E-state index in [4.69, 9.17) is 4.74 Å². The number of hydrogen-bond acceptors (Lipinski definition) is 6. The van der Waals surface area contributed by atoms with E-state index in [9.17, 15) is 9.90 Å². The molecular formula is C17H28N4O3. The second-order valence-corrected chi connectivity index (χ2v) is 6.52. The SMILES string of the molecule is Cc1nc(N(C)C)ncc1C(=O)NC[C@@H](O)COC1CCCCC1. The van der Waals surface area contributed by atoms with Gasteiger partial charge in [0.05, 0.1) is 30.1 Å². The number of aliphatic hydroxyl groups is 1. The van der Waals surface area contributed by atoms with Gasteiger partial charge in [-0.15, -0.1) is 0 Å². The highest BCUT2D eigenvalue weighted by Crippen LogP contribution is 2.20. The summed E-state index contributed by atoms with van der Waals surface area (Å²) in [6, 6.07) is 0. The summed E-state index contributed by atoms with van der Waals surface area (Å²) in [4.78, 5) is 22.4. The molecule has 1 fully saturated rings. The second kappa shape index (κ2) is 8.94. The number of aromatic nitrogens is 2. The Labute approximate surface area is 143 Å². The Balaban J connectivity index is 1.77. The number of carbonyl (C=O) groups excluding carboxylic acids is 1.